The van der Waals surface area contributed by atoms with Crippen LogP contribution in [-0.4, -0.2) is 13.1 Å². The highest BCUT2D eigenvalue weighted by molar-refractivity contribution is 5.72. The van der Waals surface area contributed by atoms with Gasteiger partial charge in [-0.15, -0.1) is 0 Å². The van der Waals surface area contributed by atoms with Crippen LogP contribution in [0, 0.1) is 5.92 Å². The van der Waals surface area contributed by atoms with Crippen molar-refractivity contribution in [3.8, 4) is 5.75 Å². The second-order valence-corrected chi connectivity index (χ2v) is 5.05. The summed E-state index contributed by atoms with van der Waals surface area (Å²) in [7, 11) is 1.42. The maximum atomic E-state index is 11.4. The molecule has 21 heavy (non-hydrogen) atoms. The molecule has 0 fully saturated rings. The highest BCUT2D eigenvalue weighted by Crippen LogP contribution is 2.17. The van der Waals surface area contributed by atoms with Crippen molar-refractivity contribution >= 4 is 5.97 Å². The molecule has 2 rings (SSSR count). The topological polar surface area (TPSA) is 35.5 Å². The minimum atomic E-state index is -0.181. The number of ether oxygens (including phenoxy) is 2. The molecule has 0 amide bonds. The van der Waals surface area contributed by atoms with Crippen LogP contribution in [0.15, 0.2) is 54.6 Å². The molecular formula is C18H20O3. The number of carbonyl (C=O) groups excluding carboxylic acids is 1. The Kier molecular flexibility index (Phi) is 5.38. The molecule has 0 radical (unpaired) electrons. The van der Waals surface area contributed by atoms with E-state index in [9.17, 15) is 4.79 Å². The number of benzene rings is 2. The van der Waals surface area contributed by atoms with E-state index in [1.165, 1.54) is 7.11 Å². The number of rotatable bonds is 6. The smallest absolute Gasteiger partial charge is 0.308 e. The molecule has 110 valence electrons. The van der Waals surface area contributed by atoms with Crippen LogP contribution in [-0.2, 0) is 22.6 Å². The van der Waals surface area contributed by atoms with E-state index in [0.717, 1.165) is 16.9 Å². The average molecular weight is 284 g/mol. The second-order valence-electron chi connectivity index (χ2n) is 5.05. The molecule has 0 saturated heterocycles. The maximum absolute atomic E-state index is 11.4. The number of carbonyl (C=O) groups is 1. The van der Waals surface area contributed by atoms with Crippen LogP contribution in [0.5, 0.6) is 5.75 Å². The van der Waals surface area contributed by atoms with Crippen molar-refractivity contribution in [1.29, 1.82) is 0 Å². The summed E-state index contributed by atoms with van der Waals surface area (Å²) in [4.78, 5) is 11.4. The molecule has 0 aromatic heterocycles. The first-order chi connectivity index (χ1) is 10.2. The molecule has 3 heteroatoms. The first-order valence-electron chi connectivity index (χ1n) is 7.02. The first kappa shape index (κ1) is 15.1. The lowest BCUT2D eigenvalue weighted by atomic mass is 10.0. The largest absolute Gasteiger partial charge is 0.489 e. The minimum absolute atomic E-state index is 0.133. The summed E-state index contributed by atoms with van der Waals surface area (Å²) in [5, 5.41) is 0. The first-order valence-corrected chi connectivity index (χ1v) is 7.02. The fourth-order valence-electron chi connectivity index (χ4n) is 2.10. The molecule has 0 aliphatic carbocycles. The molecule has 3 nitrogen and oxygen atoms in total. The van der Waals surface area contributed by atoms with E-state index < -0.39 is 0 Å². The van der Waals surface area contributed by atoms with Crippen LogP contribution >= 0.6 is 0 Å². The standard InChI is InChI=1S/C18H20O3/c1-14(18(19)20-2)12-15-8-10-17(11-9-15)21-13-16-6-4-3-5-7-16/h3-11,14H,12-13H2,1-2H3/t14-/m0/s1. The van der Waals surface area contributed by atoms with Crippen molar-refractivity contribution in [1.82, 2.24) is 0 Å². The fourth-order valence-corrected chi connectivity index (χ4v) is 2.10. The summed E-state index contributed by atoms with van der Waals surface area (Å²) in [5.41, 5.74) is 2.24. The van der Waals surface area contributed by atoms with Gasteiger partial charge in [-0.3, -0.25) is 4.79 Å². The van der Waals surface area contributed by atoms with Crippen LogP contribution < -0.4 is 4.74 Å². The zero-order valence-electron chi connectivity index (χ0n) is 12.4. The van der Waals surface area contributed by atoms with E-state index in [1.54, 1.807) is 0 Å². The van der Waals surface area contributed by atoms with E-state index in [2.05, 4.69) is 0 Å². The Morgan fingerprint density at radius 1 is 1.00 bits per heavy atom. The van der Waals surface area contributed by atoms with Crippen LogP contribution in [0.25, 0.3) is 0 Å². The normalized spacial score (nSPS) is 11.7. The van der Waals surface area contributed by atoms with Gasteiger partial charge in [0.2, 0.25) is 0 Å². The van der Waals surface area contributed by atoms with Crippen molar-refractivity contribution in [3.05, 3.63) is 65.7 Å². The van der Waals surface area contributed by atoms with Crippen molar-refractivity contribution < 1.29 is 14.3 Å². The Balaban J connectivity index is 1.88. The summed E-state index contributed by atoms with van der Waals surface area (Å²) in [5.74, 6) is 0.513. The predicted molar refractivity (Wildman–Crippen MR) is 82.1 cm³/mol. The molecule has 2 aromatic carbocycles. The molecule has 0 aliphatic heterocycles. The molecule has 1 atom stereocenters. The van der Waals surface area contributed by atoms with Crippen LogP contribution in [0.2, 0.25) is 0 Å². The van der Waals surface area contributed by atoms with E-state index >= 15 is 0 Å². The summed E-state index contributed by atoms with van der Waals surface area (Å²) in [6, 6.07) is 17.9. The fraction of sp³-hybridized carbons (Fsp3) is 0.278. The van der Waals surface area contributed by atoms with Crippen molar-refractivity contribution in [2.24, 2.45) is 5.92 Å². The van der Waals surface area contributed by atoms with Crippen molar-refractivity contribution in [2.45, 2.75) is 20.0 Å². The van der Waals surface area contributed by atoms with Gasteiger partial charge in [0, 0.05) is 0 Å². The molecule has 0 aliphatic rings. The Hall–Kier alpha value is -2.29. The Bertz CT molecular complexity index is 561. The minimum Gasteiger partial charge on any atom is -0.489 e. The van der Waals surface area contributed by atoms with E-state index in [1.807, 2.05) is 61.5 Å². The third-order valence-electron chi connectivity index (χ3n) is 3.32. The van der Waals surface area contributed by atoms with Gasteiger partial charge in [-0.1, -0.05) is 49.4 Å². The molecule has 0 bridgehead atoms. The van der Waals surface area contributed by atoms with Crippen LogP contribution in [0.3, 0.4) is 0 Å². The van der Waals surface area contributed by atoms with Crippen LogP contribution in [0.1, 0.15) is 18.1 Å². The van der Waals surface area contributed by atoms with Gasteiger partial charge in [-0.2, -0.15) is 0 Å². The monoisotopic (exact) mass is 284 g/mol. The quantitative estimate of drug-likeness (QED) is 0.760. The highest BCUT2D eigenvalue weighted by atomic mass is 16.5. The van der Waals surface area contributed by atoms with Gasteiger partial charge in [0.25, 0.3) is 0 Å². The summed E-state index contributed by atoms with van der Waals surface area (Å²) in [6.07, 6.45) is 0.672. The molecular weight excluding hydrogens is 264 g/mol. The van der Waals surface area contributed by atoms with Gasteiger partial charge in [-0.05, 0) is 29.7 Å². The van der Waals surface area contributed by atoms with Gasteiger partial charge in [-0.25, -0.2) is 0 Å². The molecule has 0 spiro atoms. The van der Waals surface area contributed by atoms with Gasteiger partial charge in [0.05, 0.1) is 13.0 Å². The number of esters is 1. The third kappa shape index (κ3) is 4.63. The molecule has 0 saturated carbocycles. The lowest BCUT2D eigenvalue weighted by Gasteiger charge is -2.10. The van der Waals surface area contributed by atoms with Gasteiger partial charge >= 0.3 is 5.97 Å². The lowest BCUT2D eigenvalue weighted by Crippen LogP contribution is -2.14. The van der Waals surface area contributed by atoms with E-state index in [0.29, 0.717) is 13.0 Å². The Labute approximate surface area is 125 Å². The zero-order valence-corrected chi connectivity index (χ0v) is 12.4. The highest BCUT2D eigenvalue weighted by Gasteiger charge is 2.13. The number of hydrogen-bond acceptors (Lipinski definition) is 3. The number of hydrogen-bond donors (Lipinski definition) is 0. The van der Waals surface area contributed by atoms with E-state index in [-0.39, 0.29) is 11.9 Å². The molecule has 0 heterocycles. The second kappa shape index (κ2) is 7.48. The maximum Gasteiger partial charge on any atom is 0.308 e. The van der Waals surface area contributed by atoms with Gasteiger partial charge in [0.1, 0.15) is 12.4 Å². The molecule has 0 N–H and O–H groups in total. The summed E-state index contributed by atoms with van der Waals surface area (Å²) >= 11 is 0. The molecule has 0 unspecified atom stereocenters. The van der Waals surface area contributed by atoms with E-state index in [4.69, 9.17) is 9.47 Å². The van der Waals surface area contributed by atoms with Crippen molar-refractivity contribution in [2.75, 3.05) is 7.11 Å². The summed E-state index contributed by atoms with van der Waals surface area (Å²) in [6.45, 7) is 2.42. The third-order valence-corrected chi connectivity index (χ3v) is 3.32. The average Bonchev–Trinajstić information content (AvgIpc) is 2.54. The Morgan fingerprint density at radius 3 is 2.29 bits per heavy atom. The molecule has 2 aromatic rings. The van der Waals surface area contributed by atoms with Gasteiger partial charge in [0.15, 0.2) is 0 Å². The zero-order chi connectivity index (χ0) is 15.1. The number of methoxy groups -OCH3 is 1. The van der Waals surface area contributed by atoms with Crippen molar-refractivity contribution in [3.63, 3.8) is 0 Å². The summed E-state index contributed by atoms with van der Waals surface area (Å²) < 4.78 is 10.5. The SMILES string of the molecule is COC(=O)[C@@H](C)Cc1ccc(OCc2ccccc2)cc1. The Morgan fingerprint density at radius 2 is 1.67 bits per heavy atom. The lowest BCUT2D eigenvalue weighted by molar-refractivity contribution is -0.144. The van der Waals surface area contributed by atoms with Gasteiger partial charge < -0.3 is 9.47 Å². The van der Waals surface area contributed by atoms with Crippen LogP contribution in [0.4, 0.5) is 0 Å². The predicted octanol–water partition coefficient (Wildman–Crippen LogP) is 3.62.